The van der Waals surface area contributed by atoms with E-state index in [1.807, 2.05) is 6.07 Å². The number of hydrogen-bond acceptors (Lipinski definition) is 6. The van der Waals surface area contributed by atoms with Crippen molar-refractivity contribution < 1.29 is 12.8 Å². The summed E-state index contributed by atoms with van der Waals surface area (Å²) in [6.45, 7) is 0. The number of nitrogens with one attached hydrogen (secondary N) is 1. The maximum absolute atomic E-state index is 12.5. The van der Waals surface area contributed by atoms with Crippen LogP contribution >= 0.6 is 11.6 Å². The summed E-state index contributed by atoms with van der Waals surface area (Å²) in [5.74, 6) is 0. The normalized spacial score (nSPS) is 11.6. The molecule has 4 aromatic rings. The van der Waals surface area contributed by atoms with Crippen LogP contribution in [0.3, 0.4) is 0 Å². The van der Waals surface area contributed by atoms with E-state index < -0.39 is 10.0 Å². The van der Waals surface area contributed by atoms with E-state index in [2.05, 4.69) is 19.7 Å². The number of furan rings is 1. The quantitative estimate of drug-likeness (QED) is 0.536. The Balaban J connectivity index is 1.76. The number of aromatic nitrogens is 3. The summed E-state index contributed by atoms with van der Waals surface area (Å²) in [6, 6.07) is 9.84. The molecule has 7 nitrogen and oxygen atoms in total. The molecule has 0 saturated heterocycles. The lowest BCUT2D eigenvalue weighted by Crippen LogP contribution is -2.14. The first-order chi connectivity index (χ1) is 12.5. The molecule has 0 bridgehead atoms. The Bertz CT molecular complexity index is 1190. The van der Waals surface area contributed by atoms with E-state index in [9.17, 15) is 8.42 Å². The fourth-order valence-electron chi connectivity index (χ4n) is 2.46. The second-order valence-electron chi connectivity index (χ2n) is 5.34. The molecule has 130 valence electrons. The Labute approximate surface area is 153 Å². The molecule has 0 aliphatic rings. The molecule has 0 fully saturated rings. The number of sulfonamides is 1. The van der Waals surface area contributed by atoms with Crippen LogP contribution in [0.25, 0.3) is 22.2 Å². The van der Waals surface area contributed by atoms with Crippen LogP contribution in [0.1, 0.15) is 0 Å². The molecule has 1 N–H and O–H groups in total. The van der Waals surface area contributed by atoms with Gasteiger partial charge in [0, 0.05) is 35.1 Å². The number of fused-ring (bicyclic) bond motifs is 1. The second kappa shape index (κ2) is 6.40. The molecule has 0 aliphatic heterocycles. The number of nitrogens with zero attached hydrogens (tertiary/aromatic N) is 3. The molecule has 26 heavy (non-hydrogen) atoms. The minimum absolute atomic E-state index is 0.0270. The summed E-state index contributed by atoms with van der Waals surface area (Å²) < 4.78 is 32.8. The summed E-state index contributed by atoms with van der Waals surface area (Å²) in [5.41, 5.74) is 2.00. The largest absolute Gasteiger partial charge is 0.445 e. The lowest BCUT2D eigenvalue weighted by molar-refractivity contribution is 0.597. The van der Waals surface area contributed by atoms with Crippen LogP contribution in [-0.4, -0.2) is 23.4 Å². The summed E-state index contributed by atoms with van der Waals surface area (Å²) in [5, 5.41) is 0.703. The Hall–Kier alpha value is -2.97. The van der Waals surface area contributed by atoms with Crippen molar-refractivity contribution >= 4 is 38.4 Å². The monoisotopic (exact) mass is 386 g/mol. The van der Waals surface area contributed by atoms with Crippen molar-refractivity contribution in [3.05, 3.63) is 66.4 Å². The van der Waals surface area contributed by atoms with E-state index in [1.54, 1.807) is 36.7 Å². The van der Waals surface area contributed by atoms with Gasteiger partial charge in [-0.15, -0.1) is 0 Å². The molecule has 0 atom stereocenters. The van der Waals surface area contributed by atoms with Gasteiger partial charge in [-0.2, -0.15) is 8.42 Å². The topological polar surface area (TPSA) is 98.0 Å². The predicted molar refractivity (Wildman–Crippen MR) is 97.3 cm³/mol. The Morgan fingerprint density at radius 1 is 1.04 bits per heavy atom. The zero-order valence-electron chi connectivity index (χ0n) is 13.1. The molecular formula is C17H11ClN4O3S. The van der Waals surface area contributed by atoms with Gasteiger partial charge in [0.05, 0.1) is 5.69 Å². The molecule has 0 spiro atoms. The standard InChI is InChI=1S/C17H11ClN4O3S/c18-16-14(22-26(23,24)15-5-1-2-6-19-15)8-11(9-21-16)13-10-25-17-12(13)4-3-7-20-17/h1-10,22H. The van der Waals surface area contributed by atoms with Crippen molar-refractivity contribution in [1.29, 1.82) is 0 Å². The average Bonchev–Trinajstić information content (AvgIpc) is 3.08. The van der Waals surface area contributed by atoms with Crippen LogP contribution < -0.4 is 4.72 Å². The van der Waals surface area contributed by atoms with Crippen molar-refractivity contribution in [2.75, 3.05) is 4.72 Å². The van der Waals surface area contributed by atoms with E-state index in [0.29, 0.717) is 11.3 Å². The van der Waals surface area contributed by atoms with Crippen LogP contribution in [0, 0.1) is 0 Å². The van der Waals surface area contributed by atoms with Gasteiger partial charge < -0.3 is 4.42 Å². The summed E-state index contributed by atoms with van der Waals surface area (Å²) in [4.78, 5) is 12.1. The summed E-state index contributed by atoms with van der Waals surface area (Å²) >= 11 is 6.08. The van der Waals surface area contributed by atoms with Crippen LogP contribution in [0.4, 0.5) is 5.69 Å². The fourth-order valence-corrected chi connectivity index (χ4v) is 3.68. The number of hydrogen-bond donors (Lipinski definition) is 1. The number of rotatable bonds is 4. The predicted octanol–water partition coefficient (Wildman–Crippen LogP) is 3.74. The molecule has 0 aromatic carbocycles. The highest BCUT2D eigenvalue weighted by molar-refractivity contribution is 7.92. The summed E-state index contributed by atoms with van der Waals surface area (Å²) in [7, 11) is -3.89. The highest BCUT2D eigenvalue weighted by Gasteiger charge is 2.19. The van der Waals surface area contributed by atoms with Crippen molar-refractivity contribution in [3.63, 3.8) is 0 Å². The molecule has 0 amide bonds. The maximum atomic E-state index is 12.5. The Morgan fingerprint density at radius 3 is 2.69 bits per heavy atom. The highest BCUT2D eigenvalue weighted by Crippen LogP contribution is 2.33. The number of pyridine rings is 3. The first-order valence-electron chi connectivity index (χ1n) is 7.46. The first kappa shape index (κ1) is 16.5. The Morgan fingerprint density at radius 2 is 1.88 bits per heavy atom. The van der Waals surface area contributed by atoms with Gasteiger partial charge in [-0.25, -0.2) is 15.0 Å². The molecule has 4 heterocycles. The van der Waals surface area contributed by atoms with E-state index in [0.717, 1.165) is 10.9 Å². The fraction of sp³-hybridized carbons (Fsp3) is 0. The lowest BCUT2D eigenvalue weighted by Gasteiger charge is -2.10. The van der Waals surface area contributed by atoms with Gasteiger partial charge in [0.2, 0.25) is 5.71 Å². The third-order valence-electron chi connectivity index (χ3n) is 3.66. The van der Waals surface area contributed by atoms with Gasteiger partial charge >= 0.3 is 0 Å². The zero-order chi connectivity index (χ0) is 18.1. The molecule has 4 rings (SSSR count). The van der Waals surface area contributed by atoms with Crippen molar-refractivity contribution in [2.45, 2.75) is 5.03 Å². The van der Waals surface area contributed by atoms with E-state index in [-0.39, 0.29) is 15.9 Å². The molecule has 0 unspecified atom stereocenters. The zero-order valence-corrected chi connectivity index (χ0v) is 14.7. The van der Waals surface area contributed by atoms with Crippen LogP contribution in [0.5, 0.6) is 0 Å². The lowest BCUT2D eigenvalue weighted by atomic mass is 10.1. The number of halogens is 1. The first-order valence-corrected chi connectivity index (χ1v) is 9.33. The van der Waals surface area contributed by atoms with Gasteiger partial charge in [-0.3, -0.25) is 4.72 Å². The van der Waals surface area contributed by atoms with Crippen LogP contribution in [0.15, 0.2) is 70.7 Å². The van der Waals surface area contributed by atoms with Crippen LogP contribution in [-0.2, 0) is 10.0 Å². The minimum Gasteiger partial charge on any atom is -0.445 e. The average molecular weight is 387 g/mol. The van der Waals surface area contributed by atoms with Gasteiger partial charge in [0.25, 0.3) is 10.0 Å². The smallest absolute Gasteiger partial charge is 0.279 e. The SMILES string of the molecule is O=S(=O)(Nc1cc(-c2coc3ncccc23)cnc1Cl)c1ccccn1. The highest BCUT2D eigenvalue weighted by atomic mass is 35.5. The van der Waals surface area contributed by atoms with Crippen molar-refractivity contribution in [3.8, 4) is 11.1 Å². The van der Waals surface area contributed by atoms with Crippen LogP contribution in [0.2, 0.25) is 5.15 Å². The van der Waals surface area contributed by atoms with E-state index >= 15 is 0 Å². The Kier molecular flexibility index (Phi) is 4.06. The maximum Gasteiger partial charge on any atom is 0.279 e. The third kappa shape index (κ3) is 3.00. The molecule has 0 aliphatic carbocycles. The third-order valence-corrected chi connectivity index (χ3v) is 5.24. The van der Waals surface area contributed by atoms with E-state index in [1.165, 1.54) is 18.5 Å². The molecular weight excluding hydrogens is 376 g/mol. The second-order valence-corrected chi connectivity index (χ2v) is 7.33. The van der Waals surface area contributed by atoms with Crippen molar-refractivity contribution in [1.82, 2.24) is 15.0 Å². The van der Waals surface area contributed by atoms with Crippen molar-refractivity contribution in [2.24, 2.45) is 0 Å². The molecule has 9 heteroatoms. The molecule has 0 radical (unpaired) electrons. The van der Waals surface area contributed by atoms with Gasteiger partial charge in [0.15, 0.2) is 10.2 Å². The van der Waals surface area contributed by atoms with Gasteiger partial charge in [-0.1, -0.05) is 17.7 Å². The molecule has 4 aromatic heterocycles. The summed E-state index contributed by atoms with van der Waals surface area (Å²) in [6.07, 6.45) is 6.11. The minimum atomic E-state index is -3.89. The van der Waals surface area contributed by atoms with E-state index in [4.69, 9.17) is 16.0 Å². The van der Waals surface area contributed by atoms with Gasteiger partial charge in [-0.05, 0) is 30.3 Å². The van der Waals surface area contributed by atoms with Gasteiger partial charge in [0.1, 0.15) is 6.26 Å². The number of anilines is 1. The molecule has 0 saturated carbocycles.